The maximum Gasteiger partial charge on any atom is 0.416 e. The van der Waals surface area contributed by atoms with Gasteiger partial charge in [0.25, 0.3) is 5.91 Å². The fraction of sp³-hybridized carbons (Fsp3) is 0.611. The Hall–Kier alpha value is -1.52. The van der Waals surface area contributed by atoms with Gasteiger partial charge in [0.1, 0.15) is 0 Å². The summed E-state index contributed by atoms with van der Waals surface area (Å²) in [5, 5.41) is 2.97. The van der Waals surface area contributed by atoms with E-state index in [0.29, 0.717) is 17.8 Å². The summed E-state index contributed by atoms with van der Waals surface area (Å²) >= 11 is 0. The topological polar surface area (TPSA) is 29.1 Å². The summed E-state index contributed by atoms with van der Waals surface area (Å²) in [7, 11) is 0. The molecule has 0 heterocycles. The average Bonchev–Trinajstić information content (AvgIpc) is 2.46. The number of rotatable bonds is 3. The van der Waals surface area contributed by atoms with Gasteiger partial charge in [0, 0.05) is 11.6 Å². The largest absolute Gasteiger partial charge is 0.416 e. The fourth-order valence-corrected chi connectivity index (χ4v) is 3.46. The van der Waals surface area contributed by atoms with Crippen molar-refractivity contribution in [2.75, 3.05) is 0 Å². The Kier molecular flexibility index (Phi) is 5.37. The molecule has 2 nitrogen and oxygen atoms in total. The van der Waals surface area contributed by atoms with Gasteiger partial charge in [0.15, 0.2) is 0 Å². The number of amides is 1. The highest BCUT2D eigenvalue weighted by molar-refractivity contribution is 5.94. The predicted octanol–water partition coefficient (Wildman–Crippen LogP) is 4.90. The molecule has 128 valence electrons. The Morgan fingerprint density at radius 1 is 1.26 bits per heavy atom. The van der Waals surface area contributed by atoms with Crippen molar-refractivity contribution in [3.05, 3.63) is 35.4 Å². The molecular formula is C18H24F3NO. The van der Waals surface area contributed by atoms with E-state index in [4.69, 9.17) is 0 Å². The Morgan fingerprint density at radius 3 is 2.57 bits per heavy atom. The summed E-state index contributed by atoms with van der Waals surface area (Å²) in [6.45, 7) is 6.41. The first-order valence-corrected chi connectivity index (χ1v) is 8.16. The maximum absolute atomic E-state index is 12.8. The summed E-state index contributed by atoms with van der Waals surface area (Å²) in [6, 6.07) is 4.64. The van der Waals surface area contributed by atoms with Crippen LogP contribution in [0.15, 0.2) is 24.3 Å². The van der Waals surface area contributed by atoms with E-state index in [1.165, 1.54) is 12.1 Å². The Balaban J connectivity index is 2.14. The second kappa shape index (κ2) is 6.93. The summed E-state index contributed by atoms with van der Waals surface area (Å²) in [5.74, 6) is 0.924. The zero-order chi connectivity index (χ0) is 17.2. The number of carbonyl (C=O) groups is 1. The van der Waals surface area contributed by atoms with Crippen LogP contribution in [0.25, 0.3) is 0 Å². The third-order valence-corrected chi connectivity index (χ3v) is 4.79. The smallest absolute Gasteiger partial charge is 0.349 e. The van der Waals surface area contributed by atoms with Crippen LogP contribution in [-0.4, -0.2) is 11.9 Å². The monoisotopic (exact) mass is 327 g/mol. The van der Waals surface area contributed by atoms with Crippen molar-refractivity contribution >= 4 is 5.91 Å². The van der Waals surface area contributed by atoms with Gasteiger partial charge in [-0.1, -0.05) is 33.3 Å². The molecule has 1 N–H and O–H groups in total. The lowest BCUT2D eigenvalue weighted by Gasteiger charge is -2.37. The van der Waals surface area contributed by atoms with Crippen molar-refractivity contribution in [2.45, 2.75) is 52.3 Å². The van der Waals surface area contributed by atoms with Crippen LogP contribution < -0.4 is 5.32 Å². The van der Waals surface area contributed by atoms with Gasteiger partial charge in [-0.25, -0.2) is 0 Å². The van der Waals surface area contributed by atoms with Crippen molar-refractivity contribution in [1.29, 1.82) is 0 Å². The van der Waals surface area contributed by atoms with Gasteiger partial charge in [0.2, 0.25) is 0 Å². The number of benzene rings is 1. The normalized spacial score (nSPS) is 25.4. The van der Waals surface area contributed by atoms with Crippen molar-refractivity contribution in [3.8, 4) is 0 Å². The van der Waals surface area contributed by atoms with Crippen molar-refractivity contribution in [1.82, 2.24) is 5.32 Å². The number of nitrogens with one attached hydrogen (secondary N) is 1. The van der Waals surface area contributed by atoms with E-state index < -0.39 is 17.6 Å². The molecule has 1 saturated carbocycles. The minimum absolute atomic E-state index is 0.0285. The van der Waals surface area contributed by atoms with Crippen LogP contribution in [0.1, 0.15) is 56.0 Å². The molecule has 0 aliphatic heterocycles. The first-order valence-electron chi connectivity index (χ1n) is 8.16. The lowest BCUT2D eigenvalue weighted by Crippen LogP contribution is -2.45. The van der Waals surface area contributed by atoms with E-state index in [9.17, 15) is 18.0 Å². The quantitative estimate of drug-likeness (QED) is 0.841. The van der Waals surface area contributed by atoms with Crippen molar-refractivity contribution in [2.24, 2.45) is 17.8 Å². The number of halogens is 3. The predicted molar refractivity (Wildman–Crippen MR) is 84.0 cm³/mol. The minimum Gasteiger partial charge on any atom is -0.349 e. The first-order chi connectivity index (χ1) is 10.7. The molecule has 3 atom stereocenters. The van der Waals surface area contributed by atoms with Crippen LogP contribution in [0.5, 0.6) is 0 Å². The van der Waals surface area contributed by atoms with Gasteiger partial charge in [-0.15, -0.1) is 0 Å². The molecule has 2 rings (SSSR count). The maximum atomic E-state index is 12.8. The van der Waals surface area contributed by atoms with Crippen LogP contribution in [0.3, 0.4) is 0 Å². The standard InChI is InChI=1S/C18H24F3NO/c1-11(2)15-8-7-12(3)9-16(15)22-17(23)13-5-4-6-14(10-13)18(19,20)21/h4-6,10-12,15-16H,7-9H2,1-3H3,(H,22,23)/t12-,15+,16+/m1/s1. The third-order valence-electron chi connectivity index (χ3n) is 4.79. The van der Waals surface area contributed by atoms with E-state index in [1.807, 2.05) is 0 Å². The lowest BCUT2D eigenvalue weighted by atomic mass is 9.74. The zero-order valence-electron chi connectivity index (χ0n) is 13.8. The Morgan fingerprint density at radius 2 is 1.96 bits per heavy atom. The van der Waals surface area contributed by atoms with Crippen LogP contribution in [0, 0.1) is 17.8 Å². The first kappa shape index (κ1) is 17.8. The van der Waals surface area contributed by atoms with Crippen LogP contribution in [0.2, 0.25) is 0 Å². The van der Waals surface area contributed by atoms with Crippen LogP contribution in [-0.2, 0) is 6.18 Å². The third kappa shape index (κ3) is 4.49. The molecule has 5 heteroatoms. The summed E-state index contributed by atoms with van der Waals surface area (Å²) in [5.41, 5.74) is -0.719. The second-order valence-electron chi connectivity index (χ2n) is 6.98. The van der Waals surface area contributed by atoms with Crippen LogP contribution >= 0.6 is 0 Å². The fourth-order valence-electron chi connectivity index (χ4n) is 3.46. The SMILES string of the molecule is CC(C)[C@@H]1CC[C@@H](C)C[C@@H]1NC(=O)c1cccc(C(F)(F)F)c1. The molecule has 1 aromatic rings. The molecular weight excluding hydrogens is 303 g/mol. The van der Waals surface area contributed by atoms with Gasteiger partial charge < -0.3 is 5.32 Å². The highest BCUT2D eigenvalue weighted by Crippen LogP contribution is 2.34. The highest BCUT2D eigenvalue weighted by Gasteiger charge is 2.33. The molecule has 1 amide bonds. The highest BCUT2D eigenvalue weighted by atomic mass is 19.4. The van der Waals surface area contributed by atoms with E-state index in [1.54, 1.807) is 0 Å². The van der Waals surface area contributed by atoms with Gasteiger partial charge >= 0.3 is 6.18 Å². The molecule has 0 saturated heterocycles. The van der Waals surface area contributed by atoms with E-state index in [0.717, 1.165) is 31.4 Å². The second-order valence-corrected chi connectivity index (χ2v) is 6.98. The molecule has 1 aliphatic rings. The average molecular weight is 327 g/mol. The minimum atomic E-state index is -4.43. The van der Waals surface area contributed by atoms with Gasteiger partial charge in [-0.2, -0.15) is 13.2 Å². The molecule has 0 radical (unpaired) electrons. The molecule has 0 aromatic heterocycles. The van der Waals surface area contributed by atoms with Gasteiger partial charge in [-0.3, -0.25) is 4.79 Å². The molecule has 1 aliphatic carbocycles. The van der Waals surface area contributed by atoms with Gasteiger partial charge in [0.05, 0.1) is 5.56 Å². The van der Waals surface area contributed by atoms with Crippen LogP contribution in [0.4, 0.5) is 13.2 Å². The zero-order valence-corrected chi connectivity index (χ0v) is 13.8. The van der Waals surface area contributed by atoms with E-state index in [2.05, 4.69) is 26.1 Å². The molecule has 1 fully saturated rings. The van der Waals surface area contributed by atoms with E-state index in [-0.39, 0.29) is 11.6 Å². The van der Waals surface area contributed by atoms with Crippen molar-refractivity contribution in [3.63, 3.8) is 0 Å². The Bertz CT molecular complexity index is 553. The van der Waals surface area contributed by atoms with Gasteiger partial charge in [-0.05, 0) is 48.8 Å². The molecule has 0 bridgehead atoms. The summed E-state index contributed by atoms with van der Waals surface area (Å²) in [6.07, 6.45) is -1.37. The lowest BCUT2D eigenvalue weighted by molar-refractivity contribution is -0.137. The summed E-state index contributed by atoms with van der Waals surface area (Å²) in [4.78, 5) is 12.4. The number of carbonyl (C=O) groups excluding carboxylic acids is 1. The number of hydrogen-bond acceptors (Lipinski definition) is 1. The molecule has 23 heavy (non-hydrogen) atoms. The van der Waals surface area contributed by atoms with Crippen molar-refractivity contribution < 1.29 is 18.0 Å². The molecule has 0 spiro atoms. The number of alkyl halides is 3. The molecule has 1 aromatic carbocycles. The summed E-state index contributed by atoms with van der Waals surface area (Å²) < 4.78 is 38.3. The molecule has 0 unspecified atom stereocenters. The number of hydrogen-bond donors (Lipinski definition) is 1. The Labute approximate surface area is 135 Å². The van der Waals surface area contributed by atoms with E-state index >= 15 is 0 Å².